The molecule has 0 aliphatic heterocycles. The zero-order chi connectivity index (χ0) is 15.6. The SMILES string of the molecule is N#CCc1cc(-c2ncnc(C(F)F)c2Cl)c(F)cc1Cl. The smallest absolute Gasteiger partial charge is 0.235 e. The van der Waals surface area contributed by atoms with Gasteiger partial charge in [-0.05, 0) is 17.7 Å². The van der Waals surface area contributed by atoms with Crippen LogP contribution in [0.3, 0.4) is 0 Å². The summed E-state index contributed by atoms with van der Waals surface area (Å²) < 4.78 is 39.5. The Labute approximate surface area is 128 Å². The Hall–Kier alpha value is -1.84. The van der Waals surface area contributed by atoms with E-state index in [2.05, 4.69) is 9.97 Å². The van der Waals surface area contributed by atoms with E-state index in [0.29, 0.717) is 5.56 Å². The highest BCUT2D eigenvalue weighted by Gasteiger charge is 2.21. The minimum Gasteiger partial charge on any atom is -0.235 e. The van der Waals surface area contributed by atoms with E-state index in [1.807, 2.05) is 6.07 Å². The van der Waals surface area contributed by atoms with E-state index in [1.165, 1.54) is 6.07 Å². The molecule has 1 heterocycles. The van der Waals surface area contributed by atoms with Crippen LogP contribution in [0.15, 0.2) is 18.5 Å². The topological polar surface area (TPSA) is 49.6 Å². The normalized spacial score (nSPS) is 10.7. The van der Waals surface area contributed by atoms with Crippen LogP contribution < -0.4 is 0 Å². The Morgan fingerprint density at radius 2 is 1.95 bits per heavy atom. The third-order valence-corrected chi connectivity index (χ3v) is 3.41. The van der Waals surface area contributed by atoms with E-state index in [9.17, 15) is 13.2 Å². The lowest BCUT2D eigenvalue weighted by atomic mass is 10.0. The highest BCUT2D eigenvalue weighted by atomic mass is 35.5. The van der Waals surface area contributed by atoms with Crippen LogP contribution in [-0.4, -0.2) is 9.97 Å². The van der Waals surface area contributed by atoms with Crippen molar-refractivity contribution in [3.63, 3.8) is 0 Å². The Kier molecular flexibility index (Phi) is 4.66. The van der Waals surface area contributed by atoms with Gasteiger partial charge in [0.25, 0.3) is 6.43 Å². The number of aromatic nitrogens is 2. The fraction of sp³-hybridized carbons (Fsp3) is 0.154. The Balaban J connectivity index is 2.65. The molecule has 0 saturated heterocycles. The van der Waals surface area contributed by atoms with Crippen molar-refractivity contribution in [2.75, 3.05) is 0 Å². The van der Waals surface area contributed by atoms with Crippen molar-refractivity contribution in [3.8, 4) is 17.3 Å². The standard InChI is InChI=1S/C13H6Cl2F3N3/c14-8-4-9(16)7(3-6(8)1-2-19)11-10(15)12(13(17)18)21-5-20-11/h3-5,13H,1H2. The zero-order valence-corrected chi connectivity index (χ0v) is 11.8. The zero-order valence-electron chi connectivity index (χ0n) is 10.2. The number of alkyl halides is 2. The summed E-state index contributed by atoms with van der Waals surface area (Å²) in [6.45, 7) is 0. The molecule has 0 unspecified atom stereocenters. The maximum absolute atomic E-state index is 14.0. The average Bonchev–Trinajstić information content (AvgIpc) is 2.42. The van der Waals surface area contributed by atoms with E-state index < -0.39 is 23.0 Å². The number of nitriles is 1. The second kappa shape index (κ2) is 6.29. The molecule has 0 aliphatic carbocycles. The molecule has 0 saturated carbocycles. The number of nitrogens with zero attached hydrogens (tertiary/aromatic N) is 3. The molecule has 0 N–H and O–H groups in total. The molecule has 2 aromatic rings. The molecule has 3 nitrogen and oxygen atoms in total. The first-order valence-corrected chi connectivity index (χ1v) is 6.35. The van der Waals surface area contributed by atoms with Crippen LogP contribution in [0.5, 0.6) is 0 Å². The molecule has 0 aliphatic rings. The maximum Gasteiger partial charge on any atom is 0.281 e. The van der Waals surface area contributed by atoms with Crippen molar-refractivity contribution in [2.45, 2.75) is 12.8 Å². The van der Waals surface area contributed by atoms with Crippen LogP contribution in [0.4, 0.5) is 13.2 Å². The van der Waals surface area contributed by atoms with Crippen LogP contribution in [0, 0.1) is 17.1 Å². The van der Waals surface area contributed by atoms with E-state index in [4.69, 9.17) is 28.5 Å². The molecule has 0 spiro atoms. The largest absolute Gasteiger partial charge is 0.281 e. The summed E-state index contributed by atoms with van der Waals surface area (Å²) in [7, 11) is 0. The number of hydrogen-bond acceptors (Lipinski definition) is 3. The fourth-order valence-electron chi connectivity index (χ4n) is 1.72. The van der Waals surface area contributed by atoms with Crippen LogP contribution in [0.25, 0.3) is 11.3 Å². The summed E-state index contributed by atoms with van der Waals surface area (Å²) in [6, 6.07) is 4.13. The van der Waals surface area contributed by atoms with Gasteiger partial charge in [0.15, 0.2) is 0 Å². The van der Waals surface area contributed by atoms with E-state index in [0.717, 1.165) is 12.4 Å². The van der Waals surface area contributed by atoms with Gasteiger partial charge in [-0.3, -0.25) is 0 Å². The number of halogens is 5. The van der Waals surface area contributed by atoms with E-state index in [1.54, 1.807) is 0 Å². The molecular weight excluding hydrogens is 326 g/mol. The number of rotatable bonds is 3. The van der Waals surface area contributed by atoms with Gasteiger partial charge >= 0.3 is 0 Å². The molecular formula is C13H6Cl2F3N3. The molecule has 0 amide bonds. The van der Waals surface area contributed by atoms with Crippen molar-refractivity contribution in [1.82, 2.24) is 9.97 Å². The quantitative estimate of drug-likeness (QED) is 0.826. The third-order valence-electron chi connectivity index (χ3n) is 2.68. The van der Waals surface area contributed by atoms with E-state index >= 15 is 0 Å². The molecule has 8 heteroatoms. The Morgan fingerprint density at radius 3 is 2.57 bits per heavy atom. The van der Waals surface area contributed by atoms with Crippen molar-refractivity contribution in [3.05, 3.63) is 45.6 Å². The molecule has 1 aromatic heterocycles. The summed E-state index contributed by atoms with van der Waals surface area (Å²) in [5.74, 6) is -0.775. The van der Waals surface area contributed by atoms with Crippen LogP contribution in [-0.2, 0) is 6.42 Å². The minimum absolute atomic E-state index is 0.0590. The summed E-state index contributed by atoms with van der Waals surface area (Å²) in [5.41, 5.74) is -0.615. The Bertz CT molecular complexity index is 729. The first-order valence-electron chi connectivity index (χ1n) is 5.59. The van der Waals surface area contributed by atoms with Gasteiger partial charge in [0, 0.05) is 10.6 Å². The highest BCUT2D eigenvalue weighted by Crippen LogP contribution is 2.35. The molecule has 0 atom stereocenters. The third kappa shape index (κ3) is 3.09. The maximum atomic E-state index is 14.0. The van der Waals surface area contributed by atoms with Gasteiger partial charge in [-0.15, -0.1) is 0 Å². The van der Waals surface area contributed by atoms with Crippen LogP contribution >= 0.6 is 23.2 Å². The first kappa shape index (κ1) is 15.5. The molecule has 21 heavy (non-hydrogen) atoms. The average molecular weight is 332 g/mol. The van der Waals surface area contributed by atoms with Gasteiger partial charge in [-0.25, -0.2) is 23.1 Å². The molecule has 0 fully saturated rings. The number of hydrogen-bond donors (Lipinski definition) is 0. The molecule has 0 radical (unpaired) electrons. The van der Waals surface area contributed by atoms with Gasteiger partial charge in [-0.1, -0.05) is 23.2 Å². The summed E-state index contributed by atoms with van der Waals surface area (Å²) in [6.07, 6.45) is -2.09. The van der Waals surface area contributed by atoms with Crippen LogP contribution in [0.1, 0.15) is 17.7 Å². The molecule has 2 rings (SSSR count). The van der Waals surface area contributed by atoms with Crippen molar-refractivity contribution >= 4 is 23.2 Å². The Morgan fingerprint density at radius 1 is 1.24 bits per heavy atom. The lowest BCUT2D eigenvalue weighted by molar-refractivity contribution is 0.146. The second-order valence-electron chi connectivity index (χ2n) is 3.98. The van der Waals surface area contributed by atoms with Gasteiger partial charge in [0.2, 0.25) is 0 Å². The van der Waals surface area contributed by atoms with Gasteiger partial charge in [-0.2, -0.15) is 5.26 Å². The lowest BCUT2D eigenvalue weighted by Gasteiger charge is -2.10. The minimum atomic E-state index is -2.91. The molecule has 108 valence electrons. The van der Waals surface area contributed by atoms with Gasteiger partial charge in [0.05, 0.1) is 23.2 Å². The summed E-state index contributed by atoms with van der Waals surface area (Å²) in [4.78, 5) is 7.12. The predicted octanol–water partition coefficient (Wildman–Crippen LogP) is 4.59. The van der Waals surface area contributed by atoms with Crippen molar-refractivity contribution in [2.24, 2.45) is 0 Å². The van der Waals surface area contributed by atoms with Gasteiger partial charge in [0.1, 0.15) is 17.8 Å². The highest BCUT2D eigenvalue weighted by molar-refractivity contribution is 6.34. The summed E-state index contributed by atoms with van der Waals surface area (Å²) in [5, 5.41) is 8.33. The lowest BCUT2D eigenvalue weighted by Crippen LogP contribution is -1.99. The monoisotopic (exact) mass is 331 g/mol. The summed E-state index contributed by atoms with van der Waals surface area (Å²) >= 11 is 11.6. The van der Waals surface area contributed by atoms with Crippen molar-refractivity contribution < 1.29 is 13.2 Å². The van der Waals surface area contributed by atoms with Crippen molar-refractivity contribution in [1.29, 1.82) is 5.26 Å². The number of benzene rings is 1. The fourth-order valence-corrected chi connectivity index (χ4v) is 2.22. The molecule has 1 aromatic carbocycles. The molecule has 0 bridgehead atoms. The van der Waals surface area contributed by atoms with E-state index in [-0.39, 0.29) is 22.7 Å². The van der Waals surface area contributed by atoms with Crippen LogP contribution in [0.2, 0.25) is 10.0 Å². The van der Waals surface area contributed by atoms with Gasteiger partial charge < -0.3 is 0 Å². The second-order valence-corrected chi connectivity index (χ2v) is 4.77. The first-order chi connectivity index (χ1) is 9.95. The predicted molar refractivity (Wildman–Crippen MR) is 71.7 cm³/mol.